The predicted molar refractivity (Wildman–Crippen MR) is 112 cm³/mol. The Bertz CT molecular complexity index is 1010. The highest BCUT2D eigenvalue weighted by Crippen LogP contribution is 2.43. The average Bonchev–Trinajstić information content (AvgIpc) is 3.50. The third-order valence-corrected chi connectivity index (χ3v) is 6.10. The van der Waals surface area contributed by atoms with Crippen LogP contribution in [0.3, 0.4) is 0 Å². The molecule has 3 nitrogen and oxygen atoms in total. The number of carboxylic acid groups (broad SMARTS) is 1. The highest BCUT2D eigenvalue weighted by molar-refractivity contribution is 5.88. The summed E-state index contributed by atoms with van der Waals surface area (Å²) in [5, 5.41) is 12.7. The van der Waals surface area contributed by atoms with Crippen LogP contribution < -0.4 is 5.32 Å². The summed E-state index contributed by atoms with van der Waals surface area (Å²) in [7, 11) is 0. The van der Waals surface area contributed by atoms with Crippen molar-refractivity contribution >= 4 is 5.97 Å². The number of fused-ring (bicyclic) bond motifs is 1. The first-order valence-corrected chi connectivity index (χ1v) is 10.3. The minimum atomic E-state index is -1.27. The third kappa shape index (κ3) is 4.21. The summed E-state index contributed by atoms with van der Waals surface area (Å²) in [5.74, 6) is 5.05. The molecule has 0 aromatic heterocycles. The van der Waals surface area contributed by atoms with E-state index in [1.54, 1.807) is 6.07 Å². The summed E-state index contributed by atoms with van der Waals surface area (Å²) in [6.07, 6.45) is 4.87. The third-order valence-electron chi connectivity index (χ3n) is 6.10. The molecule has 0 heterocycles. The van der Waals surface area contributed by atoms with Crippen LogP contribution in [-0.2, 0) is 5.41 Å². The second kappa shape index (κ2) is 7.65. The van der Waals surface area contributed by atoms with Crippen LogP contribution in [0.1, 0.15) is 78.2 Å². The van der Waals surface area contributed by atoms with Gasteiger partial charge in [0, 0.05) is 17.2 Å². The minimum Gasteiger partial charge on any atom is -0.478 e. The molecular weight excluding hydrogens is 365 g/mol. The number of carboxylic acids is 1. The molecule has 4 rings (SSSR count). The largest absolute Gasteiger partial charge is 0.478 e. The van der Waals surface area contributed by atoms with E-state index < -0.39 is 11.8 Å². The van der Waals surface area contributed by atoms with Crippen LogP contribution >= 0.6 is 0 Å². The Morgan fingerprint density at radius 3 is 2.69 bits per heavy atom. The fraction of sp³-hybridized carbons (Fsp3) is 0.400. The van der Waals surface area contributed by atoms with Gasteiger partial charge in [-0.3, -0.25) is 0 Å². The topological polar surface area (TPSA) is 49.3 Å². The maximum Gasteiger partial charge on any atom is 0.338 e. The molecule has 2 aliphatic rings. The molecule has 2 aromatic carbocycles. The van der Waals surface area contributed by atoms with E-state index in [1.807, 2.05) is 12.1 Å². The number of hydrogen-bond donors (Lipinski definition) is 2. The molecule has 1 saturated carbocycles. The zero-order valence-corrected chi connectivity index (χ0v) is 16.9. The number of benzene rings is 2. The van der Waals surface area contributed by atoms with Crippen molar-refractivity contribution in [2.75, 3.05) is 6.54 Å². The highest BCUT2D eigenvalue weighted by Gasteiger charge is 2.35. The van der Waals surface area contributed by atoms with Gasteiger partial charge in [-0.15, -0.1) is 0 Å². The van der Waals surface area contributed by atoms with Crippen molar-refractivity contribution in [3.05, 3.63) is 70.0 Å². The minimum absolute atomic E-state index is 0.0246. The first kappa shape index (κ1) is 19.7. The zero-order chi connectivity index (χ0) is 20.6. The Morgan fingerprint density at radius 1 is 1.21 bits per heavy atom. The molecule has 29 heavy (non-hydrogen) atoms. The number of aromatic carboxylic acids is 1. The summed E-state index contributed by atoms with van der Waals surface area (Å²) in [5.41, 5.74) is 3.72. The number of rotatable bonds is 4. The molecule has 0 amide bonds. The van der Waals surface area contributed by atoms with Gasteiger partial charge < -0.3 is 10.4 Å². The van der Waals surface area contributed by atoms with Gasteiger partial charge in [-0.1, -0.05) is 37.8 Å². The van der Waals surface area contributed by atoms with Crippen LogP contribution in [0, 0.1) is 23.6 Å². The van der Waals surface area contributed by atoms with E-state index in [9.17, 15) is 9.18 Å². The van der Waals surface area contributed by atoms with E-state index >= 15 is 0 Å². The van der Waals surface area contributed by atoms with Gasteiger partial charge in [-0.05, 0) is 79.0 Å². The van der Waals surface area contributed by atoms with Crippen LogP contribution in [-0.4, -0.2) is 17.6 Å². The van der Waals surface area contributed by atoms with E-state index in [4.69, 9.17) is 5.11 Å². The number of halogens is 1. The Balaban J connectivity index is 1.67. The molecule has 0 spiro atoms. The maximum atomic E-state index is 14.0. The second-order valence-corrected chi connectivity index (χ2v) is 8.85. The molecule has 1 fully saturated rings. The predicted octanol–water partition coefficient (Wildman–Crippen LogP) is 5.04. The maximum absolute atomic E-state index is 14.0. The van der Waals surface area contributed by atoms with Crippen molar-refractivity contribution < 1.29 is 14.3 Å². The van der Waals surface area contributed by atoms with Crippen LogP contribution in [0.2, 0.25) is 0 Å². The van der Waals surface area contributed by atoms with Gasteiger partial charge in [0.05, 0.1) is 5.56 Å². The zero-order valence-electron chi connectivity index (χ0n) is 16.9. The SMILES string of the molecule is CC1(C)CCC(NCC2CC2)c2cccc(C#Cc3ccc(C(=O)O)c(F)c3)c21. The van der Waals surface area contributed by atoms with Crippen molar-refractivity contribution in [1.82, 2.24) is 5.32 Å². The van der Waals surface area contributed by atoms with Crippen LogP contribution in [0.5, 0.6) is 0 Å². The van der Waals surface area contributed by atoms with Crippen LogP contribution in [0.4, 0.5) is 4.39 Å². The lowest BCUT2D eigenvalue weighted by Gasteiger charge is -2.38. The molecule has 0 bridgehead atoms. The van der Waals surface area contributed by atoms with Crippen molar-refractivity contribution in [2.45, 2.75) is 51.0 Å². The van der Waals surface area contributed by atoms with E-state index in [-0.39, 0.29) is 11.0 Å². The molecule has 2 aliphatic carbocycles. The molecule has 4 heteroatoms. The molecule has 150 valence electrons. The molecule has 1 unspecified atom stereocenters. The molecule has 2 aromatic rings. The Kier molecular flexibility index (Phi) is 5.19. The smallest absolute Gasteiger partial charge is 0.338 e. The molecule has 2 N–H and O–H groups in total. The van der Waals surface area contributed by atoms with Gasteiger partial charge in [-0.25, -0.2) is 9.18 Å². The lowest BCUT2D eigenvalue weighted by Crippen LogP contribution is -2.34. The van der Waals surface area contributed by atoms with Gasteiger partial charge >= 0.3 is 5.97 Å². The first-order valence-electron chi connectivity index (χ1n) is 10.3. The van der Waals surface area contributed by atoms with E-state index in [1.165, 1.54) is 36.1 Å². The van der Waals surface area contributed by atoms with Crippen LogP contribution in [0.15, 0.2) is 36.4 Å². The highest BCUT2D eigenvalue weighted by atomic mass is 19.1. The number of nitrogens with one attached hydrogen (secondary N) is 1. The van der Waals surface area contributed by atoms with Crippen molar-refractivity contribution in [3.63, 3.8) is 0 Å². The standard InChI is InChI=1S/C25H26FNO2/c1-25(2)13-12-22(27-15-17-6-7-17)20-5-3-4-18(23(20)25)10-8-16-9-11-19(24(28)29)21(26)14-16/h3-5,9,11,14,17,22,27H,6-7,12-13,15H2,1-2H3,(H,28,29). The summed E-state index contributed by atoms with van der Waals surface area (Å²) in [6.45, 7) is 5.60. The Hall–Kier alpha value is -2.64. The Labute approximate surface area is 171 Å². The van der Waals surface area contributed by atoms with Gasteiger partial charge in [0.2, 0.25) is 0 Å². The first-order chi connectivity index (χ1) is 13.8. The fourth-order valence-electron chi connectivity index (χ4n) is 4.25. The molecular formula is C25H26FNO2. The second-order valence-electron chi connectivity index (χ2n) is 8.85. The lowest BCUT2D eigenvalue weighted by molar-refractivity contribution is 0.0692. The quantitative estimate of drug-likeness (QED) is 0.718. The normalized spacial score (nSPS) is 19.8. The Morgan fingerprint density at radius 2 is 2.00 bits per heavy atom. The number of hydrogen-bond acceptors (Lipinski definition) is 2. The summed E-state index contributed by atoms with van der Waals surface area (Å²) >= 11 is 0. The molecule has 0 saturated heterocycles. The van der Waals surface area contributed by atoms with Crippen molar-refractivity contribution in [2.24, 2.45) is 5.92 Å². The van der Waals surface area contributed by atoms with Gasteiger partial charge in [-0.2, -0.15) is 0 Å². The molecule has 1 atom stereocenters. The van der Waals surface area contributed by atoms with E-state index in [0.717, 1.165) is 30.9 Å². The van der Waals surface area contributed by atoms with Crippen LogP contribution in [0.25, 0.3) is 0 Å². The summed E-state index contributed by atoms with van der Waals surface area (Å²) in [4.78, 5) is 11.0. The van der Waals surface area contributed by atoms with E-state index in [0.29, 0.717) is 11.6 Å². The van der Waals surface area contributed by atoms with Gasteiger partial charge in [0.15, 0.2) is 0 Å². The van der Waals surface area contributed by atoms with Crippen molar-refractivity contribution in [3.8, 4) is 11.8 Å². The summed E-state index contributed by atoms with van der Waals surface area (Å²) < 4.78 is 14.0. The van der Waals surface area contributed by atoms with Gasteiger partial charge in [0.1, 0.15) is 5.82 Å². The fourth-order valence-corrected chi connectivity index (χ4v) is 4.25. The van der Waals surface area contributed by atoms with Crippen molar-refractivity contribution in [1.29, 1.82) is 0 Å². The molecule has 0 aliphatic heterocycles. The number of carbonyl (C=O) groups is 1. The lowest BCUT2D eigenvalue weighted by atomic mass is 9.69. The van der Waals surface area contributed by atoms with E-state index in [2.05, 4.69) is 37.1 Å². The average molecular weight is 391 g/mol. The van der Waals surface area contributed by atoms with Gasteiger partial charge in [0.25, 0.3) is 0 Å². The summed E-state index contributed by atoms with van der Waals surface area (Å²) in [6, 6.07) is 10.6. The monoisotopic (exact) mass is 391 g/mol. The molecule has 0 radical (unpaired) electrons.